The minimum Gasteiger partial charge on any atom is -0.355 e. The molecule has 98 valence electrons. The first-order valence-corrected chi connectivity index (χ1v) is 5.94. The minimum atomic E-state index is -5.70. The van der Waals surface area contributed by atoms with Crippen molar-refractivity contribution >= 4 is 15.8 Å². The fraction of sp³-hybridized carbons (Fsp3) is 0.250. The molecule has 0 radical (unpaired) electrons. The summed E-state index contributed by atoms with van der Waals surface area (Å²) in [6, 6.07) is 2.44. The Morgan fingerprint density at radius 3 is 2.67 bits per heavy atom. The highest BCUT2D eigenvalue weighted by atomic mass is 32.2. The normalized spacial score (nSPS) is 12.9. The molecule has 2 aromatic rings. The van der Waals surface area contributed by atoms with Gasteiger partial charge in [-0.1, -0.05) is 0 Å². The zero-order valence-electron chi connectivity index (χ0n) is 8.84. The van der Waals surface area contributed by atoms with Crippen LogP contribution in [0.1, 0.15) is 5.69 Å². The van der Waals surface area contributed by atoms with Gasteiger partial charge < -0.3 is 4.18 Å². The van der Waals surface area contributed by atoms with Gasteiger partial charge in [-0.15, -0.1) is 0 Å². The Morgan fingerprint density at radius 2 is 2.06 bits per heavy atom. The molecule has 0 spiro atoms. The molecule has 0 bridgehead atoms. The van der Waals surface area contributed by atoms with Crippen LogP contribution in [0, 0.1) is 6.92 Å². The second kappa shape index (κ2) is 3.83. The van der Waals surface area contributed by atoms with Crippen molar-refractivity contribution in [2.45, 2.75) is 12.4 Å². The summed E-state index contributed by atoms with van der Waals surface area (Å²) >= 11 is 0. The summed E-state index contributed by atoms with van der Waals surface area (Å²) in [5, 5.41) is 3.93. The molecule has 6 nitrogen and oxygen atoms in total. The smallest absolute Gasteiger partial charge is 0.355 e. The van der Waals surface area contributed by atoms with Gasteiger partial charge in [0.15, 0.2) is 5.65 Å². The lowest BCUT2D eigenvalue weighted by Gasteiger charge is -2.08. The summed E-state index contributed by atoms with van der Waals surface area (Å²) in [5.74, 6) is -0.667. The molecular formula is C8H6F3N3O3S. The van der Waals surface area contributed by atoms with Crippen LogP contribution in [-0.2, 0) is 10.1 Å². The molecular weight excluding hydrogens is 275 g/mol. The van der Waals surface area contributed by atoms with Gasteiger partial charge in [-0.05, 0) is 6.92 Å². The minimum absolute atomic E-state index is 0.183. The average Bonchev–Trinajstić information content (AvgIpc) is 2.54. The molecule has 0 saturated heterocycles. The topological polar surface area (TPSA) is 73.6 Å². The largest absolute Gasteiger partial charge is 0.534 e. The Hall–Kier alpha value is -1.84. The first-order chi connectivity index (χ1) is 8.19. The molecule has 0 atom stereocenters. The lowest BCUT2D eigenvalue weighted by molar-refractivity contribution is -0.0501. The van der Waals surface area contributed by atoms with Crippen molar-refractivity contribution in [3.8, 4) is 5.88 Å². The quantitative estimate of drug-likeness (QED) is 0.612. The molecule has 0 aliphatic carbocycles. The Labute approximate surface area is 99.1 Å². The van der Waals surface area contributed by atoms with E-state index in [1.165, 1.54) is 16.8 Å². The fourth-order valence-corrected chi connectivity index (χ4v) is 1.60. The molecule has 0 amide bonds. The molecule has 2 rings (SSSR count). The Morgan fingerprint density at radius 1 is 1.39 bits per heavy atom. The van der Waals surface area contributed by atoms with Crippen molar-refractivity contribution in [2.24, 2.45) is 0 Å². The van der Waals surface area contributed by atoms with E-state index in [9.17, 15) is 21.6 Å². The van der Waals surface area contributed by atoms with E-state index < -0.39 is 21.5 Å². The van der Waals surface area contributed by atoms with E-state index in [4.69, 9.17) is 0 Å². The number of hydrogen-bond donors (Lipinski definition) is 0. The molecule has 0 fully saturated rings. The third kappa shape index (κ3) is 2.23. The second-order valence-electron chi connectivity index (χ2n) is 3.34. The molecule has 0 unspecified atom stereocenters. The van der Waals surface area contributed by atoms with Crippen LogP contribution in [0.2, 0.25) is 0 Å². The van der Waals surface area contributed by atoms with E-state index in [0.717, 1.165) is 6.07 Å². The standard InChI is InChI=1S/C8H6F3N3O3S/c1-5-4-6-12-7(2-3-14(6)13-5)17-18(15,16)8(9,10)11/h2-4H,1H3. The van der Waals surface area contributed by atoms with Crippen molar-refractivity contribution < 1.29 is 25.8 Å². The van der Waals surface area contributed by atoms with Gasteiger partial charge in [-0.3, -0.25) is 0 Å². The molecule has 18 heavy (non-hydrogen) atoms. The summed E-state index contributed by atoms with van der Waals surface area (Å²) in [5.41, 5.74) is -4.72. The summed E-state index contributed by atoms with van der Waals surface area (Å²) in [6.45, 7) is 1.65. The molecule has 0 N–H and O–H groups in total. The number of alkyl halides is 3. The van der Waals surface area contributed by atoms with Crippen LogP contribution in [0.25, 0.3) is 5.65 Å². The predicted octanol–water partition coefficient (Wildman–Crippen LogP) is 1.27. The van der Waals surface area contributed by atoms with Crippen LogP contribution < -0.4 is 4.18 Å². The van der Waals surface area contributed by atoms with Gasteiger partial charge in [0.1, 0.15) is 0 Å². The van der Waals surface area contributed by atoms with Crippen molar-refractivity contribution in [3.63, 3.8) is 0 Å². The third-order valence-electron chi connectivity index (χ3n) is 1.90. The van der Waals surface area contributed by atoms with Crippen molar-refractivity contribution in [1.82, 2.24) is 14.6 Å². The van der Waals surface area contributed by atoms with Gasteiger partial charge in [-0.2, -0.15) is 31.7 Å². The van der Waals surface area contributed by atoms with Gasteiger partial charge >= 0.3 is 15.6 Å². The van der Waals surface area contributed by atoms with E-state index in [1.807, 2.05) is 0 Å². The fourth-order valence-electron chi connectivity index (χ4n) is 1.19. The molecule has 2 heterocycles. The highest BCUT2D eigenvalue weighted by molar-refractivity contribution is 7.87. The van der Waals surface area contributed by atoms with Gasteiger partial charge in [0.05, 0.1) is 5.69 Å². The lowest BCUT2D eigenvalue weighted by Crippen LogP contribution is -2.28. The third-order valence-corrected chi connectivity index (χ3v) is 2.86. The zero-order chi connectivity index (χ0) is 13.6. The monoisotopic (exact) mass is 281 g/mol. The van der Waals surface area contributed by atoms with Crippen molar-refractivity contribution in [1.29, 1.82) is 0 Å². The van der Waals surface area contributed by atoms with Gasteiger partial charge in [0, 0.05) is 18.3 Å². The van der Waals surface area contributed by atoms with E-state index in [1.54, 1.807) is 6.92 Å². The van der Waals surface area contributed by atoms with Crippen LogP contribution in [0.4, 0.5) is 13.2 Å². The Balaban J connectivity index is 2.38. The van der Waals surface area contributed by atoms with Crippen LogP contribution in [0.3, 0.4) is 0 Å². The average molecular weight is 281 g/mol. The number of rotatable bonds is 2. The zero-order valence-corrected chi connectivity index (χ0v) is 9.66. The van der Waals surface area contributed by atoms with E-state index in [-0.39, 0.29) is 5.65 Å². The van der Waals surface area contributed by atoms with Gasteiger partial charge in [-0.25, -0.2) is 4.52 Å². The van der Waals surface area contributed by atoms with Gasteiger partial charge in [0.2, 0.25) is 5.88 Å². The molecule has 10 heteroatoms. The number of aromatic nitrogens is 3. The van der Waals surface area contributed by atoms with Crippen molar-refractivity contribution in [2.75, 3.05) is 0 Å². The summed E-state index contributed by atoms with van der Waals surface area (Å²) in [4.78, 5) is 3.59. The number of hydrogen-bond acceptors (Lipinski definition) is 5. The van der Waals surface area contributed by atoms with E-state index in [2.05, 4.69) is 14.3 Å². The lowest BCUT2D eigenvalue weighted by atomic mass is 10.5. The number of aryl methyl sites for hydroxylation is 1. The highest BCUT2D eigenvalue weighted by Crippen LogP contribution is 2.26. The molecule has 0 saturated carbocycles. The van der Waals surface area contributed by atoms with Crippen LogP contribution in [0.15, 0.2) is 18.3 Å². The molecule has 0 aliphatic heterocycles. The first-order valence-electron chi connectivity index (χ1n) is 4.53. The van der Waals surface area contributed by atoms with Crippen LogP contribution >= 0.6 is 0 Å². The van der Waals surface area contributed by atoms with Crippen LogP contribution in [0.5, 0.6) is 5.88 Å². The maximum atomic E-state index is 12.1. The molecule has 2 aromatic heterocycles. The maximum Gasteiger partial charge on any atom is 0.534 e. The highest BCUT2D eigenvalue weighted by Gasteiger charge is 2.48. The maximum absolute atomic E-state index is 12.1. The number of nitrogens with zero attached hydrogens (tertiary/aromatic N) is 3. The first kappa shape index (κ1) is 12.6. The predicted molar refractivity (Wildman–Crippen MR) is 53.3 cm³/mol. The summed E-state index contributed by atoms with van der Waals surface area (Å²) in [7, 11) is -5.70. The van der Waals surface area contributed by atoms with E-state index in [0.29, 0.717) is 5.69 Å². The molecule has 0 aromatic carbocycles. The molecule has 0 aliphatic rings. The van der Waals surface area contributed by atoms with E-state index >= 15 is 0 Å². The Bertz CT molecular complexity index is 692. The van der Waals surface area contributed by atoms with Gasteiger partial charge in [0.25, 0.3) is 0 Å². The van der Waals surface area contributed by atoms with Crippen molar-refractivity contribution in [3.05, 3.63) is 24.0 Å². The summed E-state index contributed by atoms with van der Waals surface area (Å²) < 4.78 is 62.9. The number of fused-ring (bicyclic) bond motifs is 1. The number of halogens is 3. The Kier molecular flexibility index (Phi) is 2.69. The summed E-state index contributed by atoms with van der Waals surface area (Å²) in [6.07, 6.45) is 1.25. The SMILES string of the molecule is Cc1cc2nc(OS(=O)(=O)C(F)(F)F)ccn2n1. The van der Waals surface area contributed by atoms with Crippen LogP contribution in [-0.4, -0.2) is 28.5 Å². The second-order valence-corrected chi connectivity index (χ2v) is 4.88.